The summed E-state index contributed by atoms with van der Waals surface area (Å²) in [6, 6.07) is 45.1. The molecule has 3 heteroatoms. The maximum absolute atomic E-state index is 5.23. The van der Waals surface area contributed by atoms with Crippen LogP contribution in [0.15, 0.2) is 140 Å². The van der Waals surface area contributed by atoms with E-state index in [1.54, 1.807) is 0 Å². The van der Waals surface area contributed by atoms with Gasteiger partial charge in [-0.25, -0.2) is 9.97 Å². The average molecular weight is 578 g/mol. The predicted molar refractivity (Wildman–Crippen MR) is 186 cm³/mol. The van der Waals surface area contributed by atoms with E-state index in [4.69, 9.17) is 9.97 Å². The predicted octanol–water partition coefficient (Wildman–Crippen LogP) is 8.75. The van der Waals surface area contributed by atoms with E-state index in [0.29, 0.717) is 5.92 Å². The Morgan fingerprint density at radius 1 is 0.600 bits per heavy atom. The second-order valence-electron chi connectivity index (χ2n) is 11.7. The Labute approximate surface area is 262 Å². The lowest BCUT2D eigenvalue weighted by Gasteiger charge is -2.16. The quantitative estimate of drug-likeness (QED) is 0.205. The van der Waals surface area contributed by atoms with Gasteiger partial charge in [0.15, 0.2) is 5.82 Å². The van der Waals surface area contributed by atoms with Gasteiger partial charge in [0.25, 0.3) is 0 Å². The van der Waals surface area contributed by atoms with Crippen molar-refractivity contribution in [1.29, 1.82) is 0 Å². The van der Waals surface area contributed by atoms with Crippen LogP contribution in [0.4, 0.5) is 0 Å². The maximum Gasteiger partial charge on any atom is 0.161 e. The highest BCUT2D eigenvalue weighted by Gasteiger charge is 2.16. The fourth-order valence-electron chi connectivity index (χ4n) is 6.45. The molecule has 1 aliphatic rings. The largest absolute Gasteiger partial charge is 0.264 e. The number of rotatable bonds is 5. The molecule has 0 fully saturated rings. The van der Waals surface area contributed by atoms with Crippen LogP contribution in [-0.2, 0) is 0 Å². The summed E-state index contributed by atoms with van der Waals surface area (Å²) < 4.78 is 0. The molecule has 5 aromatic carbocycles. The van der Waals surface area contributed by atoms with E-state index in [1.165, 1.54) is 27.0 Å². The van der Waals surface area contributed by atoms with E-state index < -0.39 is 0 Å². The summed E-state index contributed by atoms with van der Waals surface area (Å²) in [5, 5.41) is 4.92. The smallest absolute Gasteiger partial charge is 0.161 e. The van der Waals surface area contributed by atoms with Crippen LogP contribution in [-0.4, -0.2) is 15.0 Å². The van der Waals surface area contributed by atoms with Crippen LogP contribution < -0.4 is 10.4 Å². The Kier molecular flexibility index (Phi) is 6.84. The lowest BCUT2D eigenvalue weighted by molar-refractivity contribution is 0.921. The lowest BCUT2D eigenvalue weighted by atomic mass is 9.89. The standard InChI is InChI=1S/C42H31N3/c1-28-18-19-35(25-39(28)36-15-8-22-43-27-36)41-26-40(44-42(45-41)38-17-7-12-30-10-4-5-16-37(30)38)34-14-6-13-32(24-34)33-21-20-29-9-2-3-11-31(29)23-33/h2-20,22-27,33H,21H2,1H3. The minimum Gasteiger partial charge on any atom is -0.264 e. The zero-order valence-corrected chi connectivity index (χ0v) is 25.1. The van der Waals surface area contributed by atoms with Crippen LogP contribution >= 0.6 is 0 Å². The van der Waals surface area contributed by atoms with Gasteiger partial charge in [0, 0.05) is 40.6 Å². The van der Waals surface area contributed by atoms with E-state index in [-0.39, 0.29) is 0 Å². The van der Waals surface area contributed by atoms with Crippen molar-refractivity contribution in [3.63, 3.8) is 0 Å². The number of nitrogens with zero attached hydrogens (tertiary/aromatic N) is 3. The van der Waals surface area contributed by atoms with Crippen molar-refractivity contribution in [2.24, 2.45) is 0 Å². The van der Waals surface area contributed by atoms with Crippen molar-refractivity contribution >= 4 is 22.9 Å². The zero-order valence-electron chi connectivity index (χ0n) is 25.1. The minimum atomic E-state index is 0.317. The molecule has 0 saturated heterocycles. The van der Waals surface area contributed by atoms with Crippen molar-refractivity contribution in [2.45, 2.75) is 19.3 Å². The van der Waals surface area contributed by atoms with Crippen LogP contribution in [0.3, 0.4) is 0 Å². The van der Waals surface area contributed by atoms with Gasteiger partial charge >= 0.3 is 0 Å². The summed E-state index contributed by atoms with van der Waals surface area (Å²) in [4.78, 5) is 14.8. The van der Waals surface area contributed by atoms with Crippen molar-refractivity contribution in [2.75, 3.05) is 0 Å². The molecule has 7 aromatic rings. The molecule has 0 saturated carbocycles. The number of aromatic nitrogens is 3. The molecule has 2 aromatic heterocycles. The first-order valence-corrected chi connectivity index (χ1v) is 15.5. The molecule has 0 spiro atoms. The van der Waals surface area contributed by atoms with E-state index in [9.17, 15) is 0 Å². The molecule has 0 bridgehead atoms. The molecule has 0 N–H and O–H groups in total. The SMILES string of the molecule is Cc1ccc(-c2cc(-c3cccc(C4C=c5ccccc5=CC4)c3)nc(-c3cccc4ccccc34)n2)cc1-c1cccnc1. The summed E-state index contributed by atoms with van der Waals surface area (Å²) in [5.74, 6) is 1.04. The summed E-state index contributed by atoms with van der Waals surface area (Å²) in [5.41, 5.74) is 9.70. The zero-order chi connectivity index (χ0) is 30.2. The number of pyridine rings is 1. The van der Waals surface area contributed by atoms with E-state index in [0.717, 1.165) is 56.8 Å². The van der Waals surface area contributed by atoms with Crippen molar-refractivity contribution in [3.8, 4) is 45.0 Å². The number of hydrogen-bond donors (Lipinski definition) is 0. The van der Waals surface area contributed by atoms with Gasteiger partial charge in [-0.3, -0.25) is 4.98 Å². The normalized spacial score (nSPS) is 13.9. The van der Waals surface area contributed by atoms with Gasteiger partial charge in [0.2, 0.25) is 0 Å². The summed E-state index contributed by atoms with van der Waals surface area (Å²) >= 11 is 0. The highest BCUT2D eigenvalue weighted by atomic mass is 14.9. The first kappa shape index (κ1) is 26.9. The van der Waals surface area contributed by atoms with Gasteiger partial charge < -0.3 is 0 Å². The molecular weight excluding hydrogens is 546 g/mol. The summed E-state index contributed by atoms with van der Waals surface area (Å²) in [6.07, 6.45) is 9.46. The highest BCUT2D eigenvalue weighted by Crippen LogP contribution is 2.34. The molecule has 2 heterocycles. The lowest BCUT2D eigenvalue weighted by Crippen LogP contribution is -2.27. The molecule has 3 nitrogen and oxygen atoms in total. The molecule has 214 valence electrons. The number of hydrogen-bond acceptors (Lipinski definition) is 3. The van der Waals surface area contributed by atoms with Crippen molar-refractivity contribution in [3.05, 3.63) is 161 Å². The van der Waals surface area contributed by atoms with Crippen LogP contribution in [0.25, 0.3) is 68.0 Å². The molecule has 1 atom stereocenters. The Morgan fingerprint density at radius 2 is 1.36 bits per heavy atom. The second kappa shape index (κ2) is 11.4. The first-order valence-electron chi connectivity index (χ1n) is 15.5. The topological polar surface area (TPSA) is 38.7 Å². The highest BCUT2D eigenvalue weighted by molar-refractivity contribution is 5.95. The molecule has 1 aliphatic carbocycles. The second-order valence-corrected chi connectivity index (χ2v) is 11.7. The Bertz CT molecular complexity index is 2320. The van der Waals surface area contributed by atoms with Crippen LogP contribution in [0, 0.1) is 6.92 Å². The maximum atomic E-state index is 5.23. The Hall–Kier alpha value is -5.67. The minimum absolute atomic E-state index is 0.317. The monoisotopic (exact) mass is 577 g/mol. The third kappa shape index (κ3) is 5.23. The summed E-state index contributed by atoms with van der Waals surface area (Å²) in [7, 11) is 0. The van der Waals surface area contributed by atoms with E-state index in [1.807, 2.05) is 18.5 Å². The molecule has 0 aliphatic heterocycles. The average Bonchev–Trinajstić information content (AvgIpc) is 3.11. The van der Waals surface area contributed by atoms with Gasteiger partial charge in [0.1, 0.15) is 0 Å². The number of fused-ring (bicyclic) bond motifs is 2. The summed E-state index contributed by atoms with van der Waals surface area (Å²) in [6.45, 7) is 2.14. The third-order valence-electron chi connectivity index (χ3n) is 8.84. The number of benzene rings is 5. The number of aryl methyl sites for hydroxylation is 1. The molecular formula is C42H31N3. The fourth-order valence-corrected chi connectivity index (χ4v) is 6.45. The molecule has 45 heavy (non-hydrogen) atoms. The van der Waals surface area contributed by atoms with E-state index >= 15 is 0 Å². The van der Waals surface area contributed by atoms with Crippen LogP contribution in [0.5, 0.6) is 0 Å². The van der Waals surface area contributed by atoms with Crippen LogP contribution in [0.1, 0.15) is 23.5 Å². The van der Waals surface area contributed by atoms with Crippen LogP contribution in [0.2, 0.25) is 0 Å². The molecule has 8 rings (SSSR count). The molecule has 0 radical (unpaired) electrons. The Morgan fingerprint density at radius 3 is 2.22 bits per heavy atom. The van der Waals surface area contributed by atoms with E-state index in [2.05, 4.69) is 145 Å². The molecule has 1 unspecified atom stereocenters. The fraction of sp³-hybridized carbons (Fsp3) is 0.0714. The first-order chi connectivity index (χ1) is 22.2. The van der Waals surface area contributed by atoms with Crippen molar-refractivity contribution < 1.29 is 0 Å². The Balaban J connectivity index is 1.29. The van der Waals surface area contributed by atoms with Gasteiger partial charge in [-0.1, -0.05) is 115 Å². The van der Waals surface area contributed by atoms with Gasteiger partial charge in [0.05, 0.1) is 11.4 Å². The third-order valence-corrected chi connectivity index (χ3v) is 8.84. The molecule has 0 amide bonds. The van der Waals surface area contributed by atoms with Gasteiger partial charge in [-0.2, -0.15) is 0 Å². The van der Waals surface area contributed by atoms with Gasteiger partial charge in [-0.15, -0.1) is 0 Å². The van der Waals surface area contributed by atoms with Crippen molar-refractivity contribution in [1.82, 2.24) is 15.0 Å². The van der Waals surface area contributed by atoms with Gasteiger partial charge in [-0.05, 0) is 75.5 Å².